The summed E-state index contributed by atoms with van der Waals surface area (Å²) in [4.78, 5) is 47.8. The summed E-state index contributed by atoms with van der Waals surface area (Å²) in [7, 11) is -11.8. The van der Waals surface area contributed by atoms with Crippen molar-refractivity contribution >= 4 is 20.5 Å². The van der Waals surface area contributed by atoms with Crippen molar-refractivity contribution in [3.63, 3.8) is 0 Å². The van der Waals surface area contributed by atoms with Crippen LogP contribution < -0.4 is 19.6 Å². The van der Waals surface area contributed by atoms with E-state index in [0.717, 1.165) is 25.7 Å². The van der Waals surface area contributed by atoms with Crippen molar-refractivity contribution in [2.24, 2.45) is 0 Å². The first-order valence-electron chi connectivity index (χ1n) is 8.20. The van der Waals surface area contributed by atoms with Crippen LogP contribution in [0.3, 0.4) is 0 Å². The molecule has 1 unspecified atom stereocenters. The topological polar surface area (TPSA) is 239 Å². The Kier molecular flexibility index (Phi) is 19.2. The van der Waals surface area contributed by atoms with Crippen LogP contribution in [0.2, 0.25) is 0 Å². The van der Waals surface area contributed by atoms with E-state index in [1.807, 2.05) is 0 Å². The van der Waals surface area contributed by atoms with Gasteiger partial charge in [0.1, 0.15) is 0 Å². The molecule has 0 aromatic rings. The molecule has 28 heavy (non-hydrogen) atoms. The Labute approximate surface area is 194 Å². The quantitative estimate of drug-likeness (QED) is 0.375. The van der Waals surface area contributed by atoms with Gasteiger partial charge in [-0.05, 0) is 0 Å². The molecule has 2 aliphatic rings. The summed E-state index contributed by atoms with van der Waals surface area (Å²) in [5.41, 5.74) is 29.2. The van der Waals surface area contributed by atoms with Crippen molar-refractivity contribution in [1.29, 1.82) is 0 Å². The Morgan fingerprint density at radius 3 is 0.857 bits per heavy atom. The molecule has 0 aliphatic heterocycles. The number of carbonyl (C=O) groups excluding carboxylic acids is 1. The summed E-state index contributed by atoms with van der Waals surface area (Å²) in [5, 5.41) is -2.79. The molecular weight excluding hydrogens is 776 g/mol. The van der Waals surface area contributed by atoms with Gasteiger partial charge >= 0.3 is 42.1 Å². The van der Waals surface area contributed by atoms with E-state index in [1.165, 1.54) is 25.7 Å². The smallest absolute Gasteiger partial charge is 0.805 e. The predicted octanol–water partition coefficient (Wildman–Crippen LogP) is 1.73. The van der Waals surface area contributed by atoms with Gasteiger partial charge in [-0.1, -0.05) is 51.4 Å². The number of rotatable bonds is 2. The Bertz CT molecular complexity index is 471. The van der Waals surface area contributed by atoms with E-state index < -0.39 is 20.5 Å². The van der Waals surface area contributed by atoms with Crippen molar-refractivity contribution in [1.82, 2.24) is 0 Å². The van der Waals surface area contributed by atoms with E-state index in [0.29, 0.717) is 0 Å². The van der Waals surface area contributed by atoms with Crippen molar-refractivity contribution in [2.45, 2.75) is 75.5 Å². The van der Waals surface area contributed by atoms with Crippen molar-refractivity contribution in [3.05, 3.63) is 22.9 Å². The normalized spacial score (nSPS) is 27.4. The average molecular weight is 800 g/mol. The summed E-state index contributed by atoms with van der Waals surface area (Å²) in [6, 6.07) is -0.319. The number of hydrogen-bond acceptors (Lipinski definition) is 7. The van der Waals surface area contributed by atoms with Gasteiger partial charge in [-0.3, -0.25) is 4.79 Å². The van der Waals surface area contributed by atoms with Crippen LogP contribution >= 0.6 is 15.2 Å². The summed E-state index contributed by atoms with van der Waals surface area (Å²) in [6.45, 7) is 0. The van der Waals surface area contributed by atoms with E-state index >= 15 is 0 Å². The zero-order valence-electron chi connectivity index (χ0n) is 14.9. The molecule has 2 saturated carbocycles. The van der Waals surface area contributed by atoms with E-state index in [-0.39, 0.29) is 66.3 Å². The van der Waals surface area contributed by atoms with Crippen LogP contribution in [0, 0.1) is 0 Å². The second-order valence-electron chi connectivity index (χ2n) is 6.27. The molecule has 0 radical (unpaired) electrons. The van der Waals surface area contributed by atoms with Crippen LogP contribution in [0.4, 0.5) is 4.79 Å². The molecular formula is C13H24N4O7P2Pt2. The van der Waals surface area contributed by atoms with Gasteiger partial charge in [0.15, 0.2) is 5.27 Å². The maximum absolute atomic E-state index is 9.71. The molecule has 0 aromatic heterocycles. The molecule has 11 nitrogen and oxygen atoms in total. The molecule has 0 bridgehead atoms. The van der Waals surface area contributed by atoms with Crippen molar-refractivity contribution in [2.75, 3.05) is 0 Å². The molecule has 0 heterocycles. The second kappa shape index (κ2) is 15.9. The molecule has 0 aromatic carbocycles. The van der Waals surface area contributed by atoms with Gasteiger partial charge in [0.2, 0.25) is 0 Å². The summed E-state index contributed by atoms with van der Waals surface area (Å²) >= 11 is 0. The summed E-state index contributed by atoms with van der Waals surface area (Å²) in [6.07, 6.45) is 8.49. The van der Waals surface area contributed by atoms with Gasteiger partial charge < -0.3 is 51.6 Å². The third-order valence-electron chi connectivity index (χ3n) is 4.00. The van der Waals surface area contributed by atoms with Gasteiger partial charge in [-0.15, -0.1) is 0 Å². The molecule has 2 rings (SSSR count). The number of nitrogens with one attached hydrogen (secondary N) is 4. The van der Waals surface area contributed by atoms with Gasteiger partial charge in [0.05, 0.1) is 0 Å². The van der Waals surface area contributed by atoms with Crippen molar-refractivity contribution < 1.29 is 75.6 Å². The van der Waals surface area contributed by atoms with E-state index in [2.05, 4.69) is 0 Å². The monoisotopic (exact) mass is 800 g/mol. The molecule has 0 saturated heterocycles. The minimum absolute atomic E-state index is 0. The van der Waals surface area contributed by atoms with Crippen LogP contribution in [0.1, 0.15) is 51.4 Å². The van der Waals surface area contributed by atoms with Gasteiger partial charge in [-0.2, -0.15) is 24.2 Å². The van der Waals surface area contributed by atoms with Gasteiger partial charge in [0, 0.05) is 15.2 Å². The molecule has 4 atom stereocenters. The maximum atomic E-state index is 9.71. The van der Waals surface area contributed by atoms with Gasteiger partial charge in [-0.25, -0.2) is 0 Å². The largest absolute Gasteiger partial charge is 4.00 e. The minimum atomic E-state index is -5.91. The van der Waals surface area contributed by atoms with Crippen LogP contribution in [0.15, 0.2) is 0 Å². The second-order valence-corrected chi connectivity index (χ2v) is 9.43. The Morgan fingerprint density at radius 1 is 0.607 bits per heavy atom. The minimum Gasteiger partial charge on any atom is -0.805 e. The fraction of sp³-hybridized carbons (Fsp3) is 0.923. The zero-order valence-corrected chi connectivity index (χ0v) is 21.2. The standard InChI is InChI=1S/2C6H12N2.CH4O7P2.2Pt/c2*7-5-3-1-2-4-6(5)8;2-1(9(3,4)5)10(6,7)8;;/h2*5-8H,1-4H2;(H2,3,4,5)(H2,6,7,8);;/q2*-2;;2*+4/p-4/t5-,6?;5-,6+;;;/m1..../s1. The fourth-order valence-electron chi connectivity index (χ4n) is 2.41. The average Bonchev–Trinajstić information content (AvgIpc) is 2.52. The van der Waals surface area contributed by atoms with Crippen LogP contribution in [0.25, 0.3) is 22.9 Å². The maximum Gasteiger partial charge on any atom is 4.00 e. The molecule has 0 spiro atoms. The molecule has 2 fully saturated rings. The third-order valence-corrected chi connectivity index (χ3v) is 6.41. The Hall–Kier alpha value is 1.19. The molecule has 15 heteroatoms. The Balaban J connectivity index is -0.000000325. The first-order chi connectivity index (χ1) is 11.8. The Morgan fingerprint density at radius 2 is 0.786 bits per heavy atom. The summed E-state index contributed by atoms with van der Waals surface area (Å²) < 4.78 is 19.1. The predicted molar refractivity (Wildman–Crippen MR) is 90.0 cm³/mol. The fourth-order valence-corrected chi connectivity index (χ4v) is 3.61. The number of hydrogen-bond donors (Lipinski definition) is 0. The van der Waals surface area contributed by atoms with E-state index in [1.54, 1.807) is 0 Å². The number of carbonyl (C=O) groups is 1. The molecule has 2 aliphatic carbocycles. The van der Waals surface area contributed by atoms with Gasteiger partial charge in [0.25, 0.3) is 0 Å². The van der Waals surface area contributed by atoms with E-state index in [4.69, 9.17) is 22.9 Å². The first kappa shape index (κ1) is 33.8. The van der Waals surface area contributed by atoms with Crippen LogP contribution in [-0.4, -0.2) is 29.4 Å². The zero-order chi connectivity index (χ0) is 20.5. The molecule has 168 valence electrons. The molecule has 4 N–H and O–H groups in total. The first-order valence-corrected chi connectivity index (χ1v) is 11.3. The van der Waals surface area contributed by atoms with Crippen molar-refractivity contribution in [3.8, 4) is 0 Å². The van der Waals surface area contributed by atoms with E-state index in [9.17, 15) is 33.5 Å². The molecule has 0 amide bonds. The summed E-state index contributed by atoms with van der Waals surface area (Å²) in [5.74, 6) is 0. The van der Waals surface area contributed by atoms with Crippen LogP contribution in [0.5, 0.6) is 0 Å². The third kappa shape index (κ3) is 15.1. The SMILES string of the molecule is O=C(P(=O)([O-])[O-])P(=O)([O-])[O-].[NH-]C1CCCC[C@H]1[NH-].[NH-][C@@H]1CCCC[C@@H]1[NH-].[Pt+4].[Pt+4]. The van der Waals surface area contributed by atoms with Crippen LogP contribution in [-0.2, 0) is 51.3 Å².